The predicted octanol–water partition coefficient (Wildman–Crippen LogP) is 13.6. The standard InChI is InChI=1S/C50H90NO7P/c1-6-8-10-12-14-16-18-20-21-22-23-24-25-26-27-28-29-30-32-34-36-38-40-42-45-55-47-49(48-57-59(53,54)56-46-44-51(3,4)5)58-50(52)43-41-39-37-35-33-31-19-17-15-13-11-9-7-2/h9,11,15,17-18,20,22-23,25-26,31,33,49H,6-8,10,12-14,16,19,21,24,27-30,32,34-48H2,1-5H3/b11-9-,17-15-,20-18-,23-22-,26-25-,33-31-. The first-order valence-corrected chi connectivity index (χ1v) is 25.1. The SMILES string of the molecule is CC/C=C\C/C=C\C/C=C\CCCCCC(=O)OC(COCCCCCCCCCCC/C=C\C/C=C\C/C=C\CCCCCCC)COP(=O)([O-])OCC[N+](C)(C)C. The van der Waals surface area contributed by atoms with Gasteiger partial charge in [0.1, 0.15) is 19.3 Å². The Hall–Kier alpha value is -2.06. The summed E-state index contributed by atoms with van der Waals surface area (Å²) in [6.07, 6.45) is 55.0. The molecule has 0 N–H and O–H groups in total. The Morgan fingerprint density at radius 2 is 0.983 bits per heavy atom. The van der Waals surface area contributed by atoms with E-state index in [0.29, 0.717) is 24.1 Å². The molecule has 0 aromatic carbocycles. The molecule has 0 saturated heterocycles. The molecule has 2 unspecified atom stereocenters. The fourth-order valence-electron chi connectivity index (χ4n) is 6.10. The van der Waals surface area contributed by atoms with E-state index in [2.05, 4.69) is 86.8 Å². The first-order valence-electron chi connectivity index (χ1n) is 23.7. The molecule has 0 aliphatic heterocycles. The van der Waals surface area contributed by atoms with E-state index >= 15 is 0 Å². The predicted molar refractivity (Wildman–Crippen MR) is 249 cm³/mol. The van der Waals surface area contributed by atoms with Crippen LogP contribution in [0.5, 0.6) is 0 Å². The monoisotopic (exact) mass is 848 g/mol. The zero-order chi connectivity index (χ0) is 43.4. The minimum absolute atomic E-state index is 0.0155. The van der Waals surface area contributed by atoms with E-state index in [-0.39, 0.29) is 32.2 Å². The van der Waals surface area contributed by atoms with Crippen molar-refractivity contribution in [3.63, 3.8) is 0 Å². The second-order valence-electron chi connectivity index (χ2n) is 16.7. The Labute approximate surface area is 363 Å². The van der Waals surface area contributed by atoms with Crippen LogP contribution in [0.4, 0.5) is 0 Å². The van der Waals surface area contributed by atoms with E-state index in [4.69, 9.17) is 18.5 Å². The van der Waals surface area contributed by atoms with Gasteiger partial charge in [-0.05, 0) is 83.5 Å². The van der Waals surface area contributed by atoms with Crippen molar-refractivity contribution in [2.45, 2.75) is 187 Å². The van der Waals surface area contributed by atoms with E-state index in [1.807, 2.05) is 21.1 Å². The van der Waals surface area contributed by atoms with E-state index in [1.165, 1.54) is 89.9 Å². The number of quaternary nitrogens is 1. The number of likely N-dealkylation sites (N-methyl/N-ethyl adjacent to an activating group) is 1. The summed E-state index contributed by atoms with van der Waals surface area (Å²) in [6, 6.07) is 0. The number of unbranched alkanes of at least 4 members (excludes halogenated alkanes) is 17. The molecule has 0 aliphatic rings. The lowest BCUT2D eigenvalue weighted by Crippen LogP contribution is -2.37. The van der Waals surface area contributed by atoms with Crippen LogP contribution in [-0.4, -0.2) is 70.7 Å². The number of allylic oxidation sites excluding steroid dienone is 12. The molecule has 0 aromatic rings. The molecule has 0 saturated carbocycles. The molecule has 0 radical (unpaired) electrons. The van der Waals surface area contributed by atoms with Gasteiger partial charge in [-0.3, -0.25) is 9.36 Å². The van der Waals surface area contributed by atoms with Crippen LogP contribution in [0.3, 0.4) is 0 Å². The third-order valence-corrected chi connectivity index (χ3v) is 10.7. The van der Waals surface area contributed by atoms with Gasteiger partial charge in [0.25, 0.3) is 7.82 Å². The number of hydrogen-bond acceptors (Lipinski definition) is 7. The van der Waals surface area contributed by atoms with Gasteiger partial charge in [0.05, 0.1) is 34.4 Å². The lowest BCUT2D eigenvalue weighted by atomic mass is 10.1. The van der Waals surface area contributed by atoms with Crippen molar-refractivity contribution in [1.29, 1.82) is 0 Å². The van der Waals surface area contributed by atoms with Gasteiger partial charge >= 0.3 is 5.97 Å². The largest absolute Gasteiger partial charge is 0.756 e. The third-order valence-electron chi connectivity index (χ3n) is 9.74. The Balaban J connectivity index is 4.18. The zero-order valence-corrected chi connectivity index (χ0v) is 39.6. The Morgan fingerprint density at radius 3 is 1.47 bits per heavy atom. The molecule has 0 aliphatic carbocycles. The van der Waals surface area contributed by atoms with Crippen LogP contribution in [0.2, 0.25) is 0 Å². The molecule has 2 atom stereocenters. The van der Waals surface area contributed by atoms with Crippen molar-refractivity contribution in [1.82, 2.24) is 0 Å². The summed E-state index contributed by atoms with van der Waals surface area (Å²) in [5.74, 6) is -0.367. The second-order valence-corrected chi connectivity index (χ2v) is 18.1. The summed E-state index contributed by atoms with van der Waals surface area (Å²) < 4.78 is 34.6. The highest BCUT2D eigenvalue weighted by molar-refractivity contribution is 7.45. The number of phosphoric acid groups is 1. The number of carbonyl (C=O) groups excluding carboxylic acids is 1. The van der Waals surface area contributed by atoms with Crippen molar-refractivity contribution in [3.8, 4) is 0 Å². The summed E-state index contributed by atoms with van der Waals surface area (Å²) in [6.45, 7) is 5.22. The number of phosphoric ester groups is 1. The van der Waals surface area contributed by atoms with Crippen LogP contribution in [0.25, 0.3) is 0 Å². The molecule has 0 aromatic heterocycles. The van der Waals surface area contributed by atoms with E-state index in [1.54, 1.807) is 0 Å². The van der Waals surface area contributed by atoms with E-state index < -0.39 is 13.9 Å². The molecule has 8 nitrogen and oxygen atoms in total. The second kappa shape index (κ2) is 42.6. The van der Waals surface area contributed by atoms with Gasteiger partial charge < -0.3 is 27.9 Å². The molecule has 0 rings (SSSR count). The van der Waals surface area contributed by atoms with Gasteiger partial charge in [0.2, 0.25) is 0 Å². The molecule has 0 heterocycles. The molecule has 0 bridgehead atoms. The number of nitrogens with zero attached hydrogens (tertiary/aromatic N) is 1. The maximum atomic E-state index is 12.7. The first kappa shape index (κ1) is 56.9. The fourth-order valence-corrected chi connectivity index (χ4v) is 6.82. The Bertz CT molecular complexity index is 1170. The van der Waals surface area contributed by atoms with Gasteiger partial charge in [-0.2, -0.15) is 0 Å². The molecule has 9 heteroatoms. The molecule has 0 spiro atoms. The number of carbonyl (C=O) groups is 1. The highest BCUT2D eigenvalue weighted by atomic mass is 31.2. The summed E-state index contributed by atoms with van der Waals surface area (Å²) in [7, 11) is 1.32. The topological polar surface area (TPSA) is 94.1 Å². The average Bonchev–Trinajstić information content (AvgIpc) is 3.19. The third kappa shape index (κ3) is 46.9. The zero-order valence-electron chi connectivity index (χ0n) is 38.7. The Morgan fingerprint density at radius 1 is 0.542 bits per heavy atom. The van der Waals surface area contributed by atoms with E-state index in [9.17, 15) is 14.3 Å². The van der Waals surface area contributed by atoms with Crippen LogP contribution in [0.1, 0.15) is 181 Å². The van der Waals surface area contributed by atoms with Crippen LogP contribution < -0.4 is 4.89 Å². The quantitative estimate of drug-likeness (QED) is 0.0198. The smallest absolute Gasteiger partial charge is 0.306 e. The molecule has 0 fully saturated rings. The molecular weight excluding hydrogens is 758 g/mol. The fraction of sp³-hybridized carbons (Fsp3) is 0.740. The minimum atomic E-state index is -4.54. The number of ether oxygens (including phenoxy) is 2. The van der Waals surface area contributed by atoms with Gasteiger partial charge in [0, 0.05) is 13.0 Å². The number of rotatable bonds is 43. The molecule has 59 heavy (non-hydrogen) atoms. The van der Waals surface area contributed by atoms with E-state index in [0.717, 1.165) is 64.2 Å². The van der Waals surface area contributed by atoms with Crippen molar-refractivity contribution >= 4 is 13.8 Å². The summed E-state index contributed by atoms with van der Waals surface area (Å²) >= 11 is 0. The van der Waals surface area contributed by atoms with Gasteiger partial charge in [-0.25, -0.2) is 0 Å². The first-order chi connectivity index (χ1) is 28.6. The minimum Gasteiger partial charge on any atom is -0.756 e. The van der Waals surface area contributed by atoms with Crippen molar-refractivity contribution in [2.24, 2.45) is 0 Å². The van der Waals surface area contributed by atoms with Crippen molar-refractivity contribution in [3.05, 3.63) is 72.9 Å². The summed E-state index contributed by atoms with van der Waals surface area (Å²) in [5, 5.41) is 0. The summed E-state index contributed by atoms with van der Waals surface area (Å²) in [4.78, 5) is 25.0. The van der Waals surface area contributed by atoms with Crippen LogP contribution in [0.15, 0.2) is 72.9 Å². The maximum absolute atomic E-state index is 12.7. The van der Waals surface area contributed by atoms with Gasteiger partial charge in [-0.1, -0.05) is 164 Å². The highest BCUT2D eigenvalue weighted by Gasteiger charge is 2.20. The lowest BCUT2D eigenvalue weighted by Gasteiger charge is -2.28. The van der Waals surface area contributed by atoms with Crippen LogP contribution in [-0.2, 0) is 27.9 Å². The van der Waals surface area contributed by atoms with Gasteiger partial charge in [0.15, 0.2) is 0 Å². The lowest BCUT2D eigenvalue weighted by molar-refractivity contribution is -0.870. The van der Waals surface area contributed by atoms with Crippen molar-refractivity contribution < 1.29 is 37.3 Å². The van der Waals surface area contributed by atoms with Crippen molar-refractivity contribution in [2.75, 3.05) is 54.1 Å². The maximum Gasteiger partial charge on any atom is 0.306 e. The van der Waals surface area contributed by atoms with Gasteiger partial charge in [-0.15, -0.1) is 0 Å². The van der Waals surface area contributed by atoms with Crippen LogP contribution in [0, 0.1) is 0 Å². The number of esters is 1. The average molecular weight is 848 g/mol. The molecule has 342 valence electrons. The molecule has 0 amide bonds. The Kier molecular flexibility index (Phi) is 41.1. The van der Waals surface area contributed by atoms with Crippen LogP contribution >= 0.6 is 7.82 Å². The molecular formula is C50H90NO7P. The highest BCUT2D eigenvalue weighted by Crippen LogP contribution is 2.38. The normalized spacial score (nSPS) is 14.3. The number of hydrogen-bond donors (Lipinski definition) is 0. The summed E-state index contributed by atoms with van der Waals surface area (Å²) in [5.41, 5.74) is 0.